The highest BCUT2D eigenvalue weighted by molar-refractivity contribution is 7.88. The van der Waals surface area contributed by atoms with Crippen molar-refractivity contribution in [1.29, 1.82) is 0 Å². The van der Waals surface area contributed by atoms with Crippen molar-refractivity contribution in [2.45, 2.75) is 24.3 Å². The van der Waals surface area contributed by atoms with E-state index in [-0.39, 0.29) is 18.7 Å². The maximum atomic E-state index is 13.8. The molecule has 0 aromatic heterocycles. The normalized spacial score (nSPS) is 20.1. The molecule has 3 rings (SSSR count). The minimum atomic E-state index is -3.93. The maximum Gasteiger partial charge on any atom is 0.324 e. The van der Waals surface area contributed by atoms with E-state index in [4.69, 9.17) is 9.47 Å². The summed E-state index contributed by atoms with van der Waals surface area (Å²) >= 11 is 0. The summed E-state index contributed by atoms with van der Waals surface area (Å²) < 4.78 is 64.0. The number of carbonyl (C=O) groups excluding carboxylic acids is 1. The van der Waals surface area contributed by atoms with Gasteiger partial charge in [-0.15, -0.1) is 0 Å². The van der Waals surface area contributed by atoms with Crippen LogP contribution in [0.5, 0.6) is 5.75 Å². The molecular weight excluding hydrogens is 392 g/mol. The van der Waals surface area contributed by atoms with Crippen molar-refractivity contribution in [3.8, 4) is 5.75 Å². The first kappa shape index (κ1) is 20.2. The van der Waals surface area contributed by atoms with Gasteiger partial charge in [-0.2, -0.15) is 4.31 Å². The number of hydrogen-bond acceptors (Lipinski definition) is 5. The lowest BCUT2D eigenvalue weighted by Crippen LogP contribution is -2.41. The third-order valence-electron chi connectivity index (χ3n) is 4.44. The Morgan fingerprint density at radius 1 is 1.14 bits per heavy atom. The number of rotatable bonds is 6. The van der Waals surface area contributed by atoms with Gasteiger partial charge in [0, 0.05) is 6.42 Å². The lowest BCUT2D eigenvalue weighted by Gasteiger charge is -2.21. The van der Waals surface area contributed by atoms with Crippen molar-refractivity contribution >= 4 is 16.0 Å². The molecule has 0 spiro atoms. The summed E-state index contributed by atoms with van der Waals surface area (Å²) in [5.74, 6) is -2.21. The zero-order valence-corrected chi connectivity index (χ0v) is 15.9. The van der Waals surface area contributed by atoms with Gasteiger partial charge in [0.15, 0.2) is 11.6 Å². The number of esters is 1. The molecule has 2 atom stereocenters. The first-order valence-corrected chi connectivity index (χ1v) is 10.1. The van der Waals surface area contributed by atoms with Crippen LogP contribution in [0.1, 0.15) is 12.0 Å². The molecule has 2 unspecified atom stereocenters. The van der Waals surface area contributed by atoms with E-state index in [0.29, 0.717) is 5.56 Å². The molecule has 9 heteroatoms. The molecule has 1 saturated heterocycles. The molecule has 0 bridgehead atoms. The second-order valence-electron chi connectivity index (χ2n) is 6.40. The van der Waals surface area contributed by atoms with Gasteiger partial charge < -0.3 is 9.47 Å². The van der Waals surface area contributed by atoms with Gasteiger partial charge in [-0.3, -0.25) is 4.79 Å². The van der Waals surface area contributed by atoms with Crippen LogP contribution in [0.2, 0.25) is 0 Å². The topological polar surface area (TPSA) is 72.9 Å². The number of sulfonamides is 1. The highest BCUT2D eigenvalue weighted by atomic mass is 32.2. The van der Waals surface area contributed by atoms with Gasteiger partial charge in [-0.25, -0.2) is 17.2 Å². The second kappa shape index (κ2) is 8.24. The van der Waals surface area contributed by atoms with Gasteiger partial charge in [0.25, 0.3) is 0 Å². The predicted molar refractivity (Wildman–Crippen MR) is 97.0 cm³/mol. The average Bonchev–Trinajstić information content (AvgIpc) is 3.10. The quantitative estimate of drug-likeness (QED) is 0.683. The third kappa shape index (κ3) is 4.48. The highest BCUT2D eigenvalue weighted by Crippen LogP contribution is 2.29. The number of halogens is 2. The number of nitrogens with zero attached hydrogens (tertiary/aromatic N) is 1. The molecule has 0 aliphatic carbocycles. The molecule has 2 aromatic carbocycles. The van der Waals surface area contributed by atoms with E-state index in [2.05, 4.69) is 0 Å². The smallest absolute Gasteiger partial charge is 0.324 e. The van der Waals surface area contributed by atoms with Gasteiger partial charge in [-0.05, 0) is 29.8 Å². The Bertz CT molecular complexity index is 949. The van der Waals surface area contributed by atoms with Crippen LogP contribution in [-0.2, 0) is 25.3 Å². The second-order valence-corrected chi connectivity index (χ2v) is 8.32. The van der Waals surface area contributed by atoms with Crippen LogP contribution in [0.4, 0.5) is 8.78 Å². The van der Waals surface area contributed by atoms with Gasteiger partial charge in [-0.1, -0.05) is 24.3 Å². The van der Waals surface area contributed by atoms with Gasteiger partial charge >= 0.3 is 5.97 Å². The van der Waals surface area contributed by atoms with E-state index in [0.717, 1.165) is 23.5 Å². The monoisotopic (exact) mass is 411 g/mol. The summed E-state index contributed by atoms with van der Waals surface area (Å²) in [7, 11) is -2.76. The minimum Gasteiger partial charge on any atom is -0.486 e. The molecule has 0 radical (unpaired) electrons. The minimum absolute atomic E-state index is 0.0195. The van der Waals surface area contributed by atoms with E-state index in [9.17, 15) is 22.0 Å². The number of methoxy groups -OCH3 is 1. The molecule has 6 nitrogen and oxygen atoms in total. The Kier molecular flexibility index (Phi) is 5.95. The van der Waals surface area contributed by atoms with Crippen LogP contribution in [0.3, 0.4) is 0 Å². The highest BCUT2D eigenvalue weighted by Gasteiger charge is 2.45. The SMILES string of the molecule is COC(=O)C1CC(Oc2ccccc2F)CN1S(=O)(=O)Cc1ccc(F)cc1. The number of ether oxygens (including phenoxy) is 2. The molecular formula is C19H19F2NO5S. The van der Waals surface area contributed by atoms with E-state index in [1.54, 1.807) is 6.07 Å². The molecule has 1 heterocycles. The molecule has 1 fully saturated rings. The van der Waals surface area contributed by atoms with Gasteiger partial charge in [0.1, 0.15) is 18.0 Å². The Balaban J connectivity index is 1.81. The van der Waals surface area contributed by atoms with Crippen molar-refractivity contribution in [3.05, 3.63) is 65.7 Å². The Labute approximate surface area is 161 Å². The first-order valence-electron chi connectivity index (χ1n) is 8.53. The van der Waals surface area contributed by atoms with Crippen LogP contribution < -0.4 is 4.74 Å². The molecule has 28 heavy (non-hydrogen) atoms. The summed E-state index contributed by atoms with van der Waals surface area (Å²) in [6.45, 7) is -0.127. The van der Waals surface area contributed by atoms with Crippen molar-refractivity contribution in [1.82, 2.24) is 4.31 Å². The standard InChI is InChI=1S/C19H19F2NO5S/c1-26-19(23)17-10-15(27-18-5-3-2-4-16(18)21)11-22(17)28(24,25)12-13-6-8-14(20)9-7-13/h2-9,15,17H,10-12H2,1H3. The zero-order valence-electron chi connectivity index (χ0n) is 15.0. The van der Waals surface area contributed by atoms with Crippen molar-refractivity contribution in [2.24, 2.45) is 0 Å². The summed E-state index contributed by atoms with van der Waals surface area (Å²) in [5, 5.41) is 0. The van der Waals surface area contributed by atoms with E-state index in [1.165, 1.54) is 30.3 Å². The third-order valence-corrected chi connectivity index (χ3v) is 6.26. The molecule has 0 amide bonds. The lowest BCUT2D eigenvalue weighted by atomic mass is 10.2. The molecule has 0 saturated carbocycles. The largest absolute Gasteiger partial charge is 0.486 e. The number of benzene rings is 2. The number of hydrogen-bond donors (Lipinski definition) is 0. The van der Waals surface area contributed by atoms with Crippen molar-refractivity contribution < 1.29 is 31.5 Å². The molecule has 1 aliphatic rings. The lowest BCUT2D eigenvalue weighted by molar-refractivity contribution is -0.144. The molecule has 0 N–H and O–H groups in total. The fraction of sp³-hybridized carbons (Fsp3) is 0.316. The van der Waals surface area contributed by atoms with Crippen LogP contribution in [-0.4, -0.2) is 44.5 Å². The van der Waals surface area contributed by atoms with Crippen LogP contribution in [0.25, 0.3) is 0 Å². The van der Waals surface area contributed by atoms with E-state index < -0.39 is 45.5 Å². The summed E-state index contributed by atoms with van der Waals surface area (Å²) in [5.41, 5.74) is 0.378. The Morgan fingerprint density at radius 2 is 1.82 bits per heavy atom. The van der Waals surface area contributed by atoms with Crippen LogP contribution >= 0.6 is 0 Å². The van der Waals surface area contributed by atoms with Crippen molar-refractivity contribution in [3.63, 3.8) is 0 Å². The van der Waals surface area contributed by atoms with Crippen LogP contribution in [0.15, 0.2) is 48.5 Å². The Hall–Kier alpha value is -2.52. The maximum absolute atomic E-state index is 13.8. The molecule has 150 valence electrons. The fourth-order valence-corrected chi connectivity index (χ4v) is 4.84. The van der Waals surface area contributed by atoms with Gasteiger partial charge in [0.2, 0.25) is 10.0 Å². The average molecular weight is 411 g/mol. The fourth-order valence-electron chi connectivity index (χ4n) is 3.11. The number of para-hydroxylation sites is 1. The Morgan fingerprint density at radius 3 is 2.46 bits per heavy atom. The van der Waals surface area contributed by atoms with Crippen LogP contribution in [0, 0.1) is 11.6 Å². The number of carbonyl (C=O) groups is 1. The summed E-state index contributed by atoms with van der Waals surface area (Å²) in [4.78, 5) is 12.1. The predicted octanol–water partition coefficient (Wildman–Crippen LogP) is 2.49. The summed E-state index contributed by atoms with van der Waals surface area (Å²) in [6, 6.07) is 9.73. The van der Waals surface area contributed by atoms with Gasteiger partial charge in [0.05, 0.1) is 19.4 Å². The molecule has 2 aromatic rings. The van der Waals surface area contributed by atoms with E-state index in [1.807, 2.05) is 0 Å². The van der Waals surface area contributed by atoms with Crippen molar-refractivity contribution in [2.75, 3.05) is 13.7 Å². The summed E-state index contributed by atoms with van der Waals surface area (Å²) in [6.07, 6.45) is -0.687. The zero-order chi connectivity index (χ0) is 20.3. The van der Waals surface area contributed by atoms with E-state index >= 15 is 0 Å². The first-order chi connectivity index (χ1) is 13.3. The molecule has 1 aliphatic heterocycles.